The third-order valence-electron chi connectivity index (χ3n) is 2.70. The molecule has 0 saturated carbocycles. The van der Waals surface area contributed by atoms with Crippen molar-refractivity contribution in [3.05, 3.63) is 59.4 Å². The molecule has 0 unspecified atom stereocenters. The summed E-state index contributed by atoms with van der Waals surface area (Å²) in [4.78, 5) is 0. The Morgan fingerprint density at radius 1 is 1.06 bits per heavy atom. The van der Waals surface area contributed by atoms with Gasteiger partial charge in [0.15, 0.2) is 0 Å². The van der Waals surface area contributed by atoms with E-state index >= 15 is 0 Å². The monoisotopic (exact) mass is 215 g/mol. The molecule has 0 aromatic heterocycles. The molecule has 2 aromatic carbocycles. The van der Waals surface area contributed by atoms with E-state index in [1.807, 2.05) is 31.2 Å². The number of halogens is 1. The van der Waals surface area contributed by atoms with E-state index in [0.29, 0.717) is 6.54 Å². The van der Waals surface area contributed by atoms with Gasteiger partial charge in [0.2, 0.25) is 0 Å². The first-order valence-corrected chi connectivity index (χ1v) is 5.26. The molecule has 0 fully saturated rings. The van der Waals surface area contributed by atoms with Gasteiger partial charge < -0.3 is 5.73 Å². The van der Waals surface area contributed by atoms with Gasteiger partial charge in [0, 0.05) is 6.54 Å². The third kappa shape index (κ3) is 2.12. The van der Waals surface area contributed by atoms with Gasteiger partial charge in [-0.3, -0.25) is 0 Å². The number of nitrogens with two attached hydrogens (primary N) is 1. The summed E-state index contributed by atoms with van der Waals surface area (Å²) in [5, 5.41) is 0. The molecule has 16 heavy (non-hydrogen) atoms. The molecule has 0 aliphatic rings. The van der Waals surface area contributed by atoms with Gasteiger partial charge >= 0.3 is 0 Å². The average molecular weight is 215 g/mol. The highest BCUT2D eigenvalue weighted by Gasteiger charge is 2.03. The number of aryl methyl sites for hydroxylation is 1. The minimum atomic E-state index is -0.205. The number of benzene rings is 2. The zero-order valence-corrected chi connectivity index (χ0v) is 9.20. The van der Waals surface area contributed by atoms with Gasteiger partial charge in [-0.2, -0.15) is 0 Å². The lowest BCUT2D eigenvalue weighted by Gasteiger charge is -2.07. The molecule has 0 atom stereocenters. The number of rotatable bonds is 2. The predicted molar refractivity (Wildman–Crippen MR) is 64.5 cm³/mol. The van der Waals surface area contributed by atoms with Gasteiger partial charge in [0.1, 0.15) is 5.82 Å². The average Bonchev–Trinajstić information content (AvgIpc) is 2.32. The molecule has 2 heteroatoms. The lowest BCUT2D eigenvalue weighted by Crippen LogP contribution is -1.95. The summed E-state index contributed by atoms with van der Waals surface area (Å²) in [5.74, 6) is -0.205. The second-order valence-electron chi connectivity index (χ2n) is 3.86. The number of hydrogen-bond acceptors (Lipinski definition) is 1. The molecule has 0 radical (unpaired) electrons. The van der Waals surface area contributed by atoms with Crippen LogP contribution in [0.3, 0.4) is 0 Å². The van der Waals surface area contributed by atoms with Crippen molar-refractivity contribution in [3.63, 3.8) is 0 Å². The van der Waals surface area contributed by atoms with E-state index in [2.05, 4.69) is 0 Å². The Morgan fingerprint density at radius 3 is 2.38 bits per heavy atom. The van der Waals surface area contributed by atoms with Crippen molar-refractivity contribution in [2.24, 2.45) is 5.73 Å². The van der Waals surface area contributed by atoms with Crippen molar-refractivity contribution in [1.29, 1.82) is 0 Å². The topological polar surface area (TPSA) is 26.0 Å². The highest BCUT2D eigenvalue weighted by atomic mass is 19.1. The van der Waals surface area contributed by atoms with E-state index in [-0.39, 0.29) is 5.82 Å². The summed E-state index contributed by atoms with van der Waals surface area (Å²) in [6, 6.07) is 12.7. The fraction of sp³-hybridized carbons (Fsp3) is 0.143. The fourth-order valence-electron chi connectivity index (χ4n) is 1.73. The summed E-state index contributed by atoms with van der Waals surface area (Å²) < 4.78 is 13.2. The first-order chi connectivity index (χ1) is 7.70. The Kier molecular flexibility index (Phi) is 3.02. The normalized spacial score (nSPS) is 10.4. The van der Waals surface area contributed by atoms with Gasteiger partial charge in [-0.25, -0.2) is 4.39 Å². The van der Waals surface area contributed by atoms with E-state index in [9.17, 15) is 4.39 Å². The smallest absolute Gasteiger partial charge is 0.123 e. The van der Waals surface area contributed by atoms with Crippen LogP contribution in [0, 0.1) is 12.7 Å². The molecule has 1 nitrogen and oxygen atoms in total. The van der Waals surface area contributed by atoms with Crippen LogP contribution in [0.1, 0.15) is 11.1 Å². The highest BCUT2D eigenvalue weighted by molar-refractivity contribution is 5.67. The molecule has 0 aliphatic carbocycles. The zero-order chi connectivity index (χ0) is 11.5. The summed E-state index contributed by atoms with van der Waals surface area (Å²) >= 11 is 0. The Hall–Kier alpha value is -1.67. The van der Waals surface area contributed by atoms with E-state index < -0.39 is 0 Å². The van der Waals surface area contributed by atoms with Crippen LogP contribution in [0.4, 0.5) is 4.39 Å². The van der Waals surface area contributed by atoms with E-state index in [0.717, 1.165) is 22.3 Å². The lowest BCUT2D eigenvalue weighted by atomic mass is 9.99. The largest absolute Gasteiger partial charge is 0.326 e. The van der Waals surface area contributed by atoms with Crippen LogP contribution >= 0.6 is 0 Å². The molecule has 0 bridgehead atoms. The second-order valence-corrected chi connectivity index (χ2v) is 3.86. The molecule has 2 rings (SSSR count). The molecule has 0 spiro atoms. The van der Waals surface area contributed by atoms with Crippen molar-refractivity contribution < 1.29 is 4.39 Å². The Bertz CT molecular complexity index is 489. The lowest BCUT2D eigenvalue weighted by molar-refractivity contribution is 0.628. The van der Waals surface area contributed by atoms with Gasteiger partial charge in [-0.15, -0.1) is 0 Å². The molecule has 0 amide bonds. The molecular formula is C14H14FN. The standard InChI is InChI=1S/C14H14FN/c1-10-2-7-13(15)8-14(10)12-5-3-11(9-16)4-6-12/h2-8H,9,16H2,1H3. The highest BCUT2D eigenvalue weighted by Crippen LogP contribution is 2.24. The van der Waals surface area contributed by atoms with Crippen LogP contribution < -0.4 is 5.73 Å². The second kappa shape index (κ2) is 4.45. The van der Waals surface area contributed by atoms with Crippen LogP contribution in [0.2, 0.25) is 0 Å². The fourth-order valence-corrected chi connectivity index (χ4v) is 1.73. The quantitative estimate of drug-likeness (QED) is 0.817. The number of hydrogen-bond donors (Lipinski definition) is 1. The molecule has 0 saturated heterocycles. The predicted octanol–water partition coefficient (Wildman–Crippen LogP) is 3.26. The summed E-state index contributed by atoms with van der Waals surface area (Å²) in [6.45, 7) is 2.51. The zero-order valence-electron chi connectivity index (χ0n) is 9.20. The maximum absolute atomic E-state index is 13.2. The van der Waals surface area contributed by atoms with Crippen LogP contribution in [0.5, 0.6) is 0 Å². The van der Waals surface area contributed by atoms with Gasteiger partial charge in [0.05, 0.1) is 0 Å². The maximum Gasteiger partial charge on any atom is 0.123 e. The van der Waals surface area contributed by atoms with Gasteiger partial charge in [0.25, 0.3) is 0 Å². The molecule has 0 heterocycles. The summed E-state index contributed by atoms with van der Waals surface area (Å²) in [5.41, 5.74) is 9.64. The molecular weight excluding hydrogens is 201 g/mol. The van der Waals surface area contributed by atoms with Crippen molar-refractivity contribution in [3.8, 4) is 11.1 Å². The summed E-state index contributed by atoms with van der Waals surface area (Å²) in [6.07, 6.45) is 0. The first-order valence-electron chi connectivity index (χ1n) is 5.26. The van der Waals surface area contributed by atoms with E-state index in [1.54, 1.807) is 12.1 Å². The van der Waals surface area contributed by atoms with Gasteiger partial charge in [-0.05, 0) is 41.3 Å². The van der Waals surface area contributed by atoms with Crippen molar-refractivity contribution in [1.82, 2.24) is 0 Å². The Balaban J connectivity index is 2.45. The SMILES string of the molecule is Cc1ccc(F)cc1-c1ccc(CN)cc1. The van der Waals surface area contributed by atoms with Crippen LogP contribution in [0.15, 0.2) is 42.5 Å². The molecule has 2 aromatic rings. The van der Waals surface area contributed by atoms with Crippen LogP contribution in [0.25, 0.3) is 11.1 Å². The molecule has 2 N–H and O–H groups in total. The third-order valence-corrected chi connectivity index (χ3v) is 2.70. The minimum Gasteiger partial charge on any atom is -0.326 e. The van der Waals surface area contributed by atoms with Crippen molar-refractivity contribution in [2.75, 3.05) is 0 Å². The molecule has 82 valence electrons. The van der Waals surface area contributed by atoms with Gasteiger partial charge in [-0.1, -0.05) is 30.3 Å². The Morgan fingerprint density at radius 2 is 1.75 bits per heavy atom. The summed E-state index contributed by atoms with van der Waals surface area (Å²) in [7, 11) is 0. The van der Waals surface area contributed by atoms with E-state index in [1.165, 1.54) is 6.07 Å². The van der Waals surface area contributed by atoms with Crippen molar-refractivity contribution in [2.45, 2.75) is 13.5 Å². The Labute approximate surface area is 94.7 Å². The maximum atomic E-state index is 13.2. The van der Waals surface area contributed by atoms with Crippen LogP contribution in [-0.4, -0.2) is 0 Å². The first kappa shape index (κ1) is 10.8. The van der Waals surface area contributed by atoms with Crippen molar-refractivity contribution >= 4 is 0 Å². The minimum absolute atomic E-state index is 0.205. The van der Waals surface area contributed by atoms with E-state index in [4.69, 9.17) is 5.73 Å². The molecule has 0 aliphatic heterocycles. The van der Waals surface area contributed by atoms with Crippen LogP contribution in [-0.2, 0) is 6.54 Å².